The van der Waals surface area contributed by atoms with Crippen LogP contribution in [0.15, 0.2) is 189 Å². The molecule has 2 aromatic heterocycles. The fourth-order valence-electron chi connectivity index (χ4n) is 8.93. The summed E-state index contributed by atoms with van der Waals surface area (Å²) in [5.41, 5.74) is 0.854. The number of anilines is 2. The average Bonchev–Trinajstić information content (AvgIpc) is 3.92. The van der Waals surface area contributed by atoms with E-state index in [4.69, 9.17) is 46.4 Å². The van der Waals surface area contributed by atoms with Gasteiger partial charge in [0.05, 0.1) is 45.1 Å². The van der Waals surface area contributed by atoms with E-state index in [1.165, 1.54) is 45.5 Å². The van der Waals surface area contributed by atoms with Crippen LogP contribution in [0.4, 0.5) is 20.4 Å². The summed E-state index contributed by atoms with van der Waals surface area (Å²) in [6, 6.07) is 41.8. The molecule has 0 radical (unpaired) electrons. The monoisotopic (exact) mass is 1080 g/mol. The number of pyridine rings is 2. The molecule has 0 N–H and O–H groups in total. The number of hydrogen-bond acceptors (Lipinski definition) is 8. The van der Waals surface area contributed by atoms with Gasteiger partial charge in [-0.25, -0.2) is 34.2 Å². The summed E-state index contributed by atoms with van der Waals surface area (Å²) < 4.78 is 89.6. The maximum atomic E-state index is 14.1. The highest BCUT2D eigenvalue weighted by Crippen LogP contribution is 2.51. The molecule has 0 saturated carbocycles. The summed E-state index contributed by atoms with van der Waals surface area (Å²) in [4.78, 5) is 25.7. The number of sulfonamides is 2. The molecule has 0 fully saturated rings. The van der Waals surface area contributed by atoms with E-state index in [9.17, 15) is 45.7 Å². The van der Waals surface area contributed by atoms with Crippen LogP contribution in [-0.2, 0) is 20.0 Å². The zero-order chi connectivity index (χ0) is 51.2. The van der Waals surface area contributed by atoms with Gasteiger partial charge in [0.25, 0.3) is 31.2 Å². The standard InChI is InChI=1S/2C26H16Cl2FN3O3S/c2*27-19-8-4-16(5-9-19)25-26(17-6-10-20(28)11-7-17)32(23-2-1-3-24(33)31(23)25)36(34,35)21-12-13-22(29)18(14-21)15-30/h2*1-14,25-26H/t25?,26-;25-,26+/m00/s1. The molecule has 0 aliphatic carbocycles. The van der Waals surface area contributed by atoms with Crippen molar-refractivity contribution < 1.29 is 25.6 Å². The molecule has 2 aliphatic heterocycles. The van der Waals surface area contributed by atoms with Crippen molar-refractivity contribution in [2.45, 2.75) is 34.0 Å². The van der Waals surface area contributed by atoms with Gasteiger partial charge in [-0.05, 0) is 119 Å². The Kier molecular flexibility index (Phi) is 13.6. The van der Waals surface area contributed by atoms with Crippen molar-refractivity contribution >= 4 is 78.1 Å². The molecule has 0 saturated heterocycles. The number of fused-ring (bicyclic) bond motifs is 2. The summed E-state index contributed by atoms with van der Waals surface area (Å²) in [7, 11) is -8.76. The molecule has 12 nitrogen and oxygen atoms in total. The highest BCUT2D eigenvalue weighted by molar-refractivity contribution is 7.93. The Morgan fingerprint density at radius 1 is 0.417 bits per heavy atom. The third-order valence-electron chi connectivity index (χ3n) is 12.1. The van der Waals surface area contributed by atoms with E-state index in [0.29, 0.717) is 42.3 Å². The molecule has 0 bridgehead atoms. The highest BCUT2D eigenvalue weighted by atomic mass is 35.5. The summed E-state index contributed by atoms with van der Waals surface area (Å²) in [5, 5.41) is 20.4. The predicted octanol–water partition coefficient (Wildman–Crippen LogP) is 11.4. The van der Waals surface area contributed by atoms with Crippen molar-refractivity contribution in [1.29, 1.82) is 10.5 Å². The summed E-state index contributed by atoms with van der Waals surface area (Å²) in [5.74, 6) is -1.40. The van der Waals surface area contributed by atoms with E-state index in [2.05, 4.69) is 0 Å². The zero-order valence-electron chi connectivity index (χ0n) is 36.7. The predicted molar refractivity (Wildman–Crippen MR) is 271 cm³/mol. The molecular formula is C52H32Cl4F2N6O6S2. The van der Waals surface area contributed by atoms with E-state index < -0.39 is 78.1 Å². The molecule has 72 heavy (non-hydrogen) atoms. The van der Waals surface area contributed by atoms with Gasteiger partial charge in [0.15, 0.2) is 0 Å². The number of aromatic nitrogens is 2. The van der Waals surface area contributed by atoms with E-state index in [0.717, 1.165) is 45.0 Å². The minimum absolute atomic E-state index is 0.130. The molecule has 360 valence electrons. The van der Waals surface area contributed by atoms with Gasteiger partial charge in [-0.1, -0.05) is 107 Å². The Labute approximate surface area is 431 Å². The van der Waals surface area contributed by atoms with Crippen LogP contribution in [0.1, 0.15) is 57.5 Å². The Bertz CT molecular complexity index is 3620. The van der Waals surface area contributed by atoms with Crippen LogP contribution < -0.4 is 19.7 Å². The summed E-state index contributed by atoms with van der Waals surface area (Å²) >= 11 is 24.4. The molecule has 10 rings (SSSR count). The van der Waals surface area contributed by atoms with Crippen LogP contribution >= 0.6 is 46.4 Å². The summed E-state index contributed by atoms with van der Waals surface area (Å²) in [6.07, 6.45) is 0. The third-order valence-corrected chi connectivity index (χ3v) is 16.7. The lowest BCUT2D eigenvalue weighted by Gasteiger charge is -2.29. The zero-order valence-corrected chi connectivity index (χ0v) is 41.3. The maximum absolute atomic E-state index is 14.1. The molecule has 0 spiro atoms. The smallest absolute Gasteiger partial charge is 0.266 e. The van der Waals surface area contributed by atoms with Gasteiger partial charge in [0.1, 0.15) is 35.4 Å². The van der Waals surface area contributed by atoms with Gasteiger partial charge >= 0.3 is 0 Å². The molecule has 4 atom stereocenters. The van der Waals surface area contributed by atoms with Crippen LogP contribution in [0.3, 0.4) is 0 Å². The van der Waals surface area contributed by atoms with E-state index in [1.54, 1.807) is 109 Å². The van der Waals surface area contributed by atoms with Gasteiger partial charge in [-0.15, -0.1) is 0 Å². The van der Waals surface area contributed by atoms with Crippen LogP contribution in [0.5, 0.6) is 0 Å². The van der Waals surface area contributed by atoms with E-state index >= 15 is 0 Å². The van der Waals surface area contributed by atoms with Crippen molar-refractivity contribution in [3.8, 4) is 12.1 Å². The van der Waals surface area contributed by atoms with Gasteiger partial charge in [0, 0.05) is 32.2 Å². The summed E-state index contributed by atoms with van der Waals surface area (Å²) in [6.45, 7) is 0. The molecule has 0 amide bonds. The van der Waals surface area contributed by atoms with Crippen LogP contribution in [0.2, 0.25) is 20.1 Å². The molecule has 1 unspecified atom stereocenters. The van der Waals surface area contributed by atoms with Gasteiger partial charge < -0.3 is 0 Å². The van der Waals surface area contributed by atoms with E-state index in [1.807, 2.05) is 0 Å². The van der Waals surface area contributed by atoms with Gasteiger partial charge in [0.2, 0.25) is 0 Å². The molecule has 20 heteroatoms. The number of hydrogen-bond donors (Lipinski definition) is 0. The molecular weight excluding hydrogens is 1050 g/mol. The molecule has 8 aromatic rings. The van der Waals surface area contributed by atoms with Crippen molar-refractivity contribution in [1.82, 2.24) is 9.13 Å². The van der Waals surface area contributed by atoms with Gasteiger partial charge in [-0.3, -0.25) is 18.7 Å². The first kappa shape index (κ1) is 49.7. The lowest BCUT2D eigenvalue weighted by molar-refractivity contribution is 0.529. The lowest BCUT2D eigenvalue weighted by Crippen LogP contribution is -2.33. The van der Waals surface area contributed by atoms with Crippen molar-refractivity contribution in [3.05, 3.63) is 256 Å². The second-order valence-corrected chi connectivity index (χ2v) is 21.7. The molecule has 4 heterocycles. The number of rotatable bonds is 8. The average molecular weight is 1080 g/mol. The quantitative estimate of drug-likeness (QED) is 0.145. The first-order valence-corrected chi connectivity index (χ1v) is 25.8. The lowest BCUT2D eigenvalue weighted by atomic mass is 9.94. The van der Waals surface area contributed by atoms with Crippen molar-refractivity contribution in [3.63, 3.8) is 0 Å². The SMILES string of the molecule is N#Cc1cc(S(=O)(=O)N2c3cccc(=O)n3C(c3ccc(Cl)cc3)[C@@H]2c2ccc(Cl)cc2)ccc1F.N#Cc1cc(S(=O)(=O)N2c3cccc(=O)n3[C@@H](c3ccc(Cl)cc3)[C@H]2c2ccc(Cl)cc2)ccc1F. The van der Waals surface area contributed by atoms with Crippen LogP contribution in [0, 0.1) is 34.3 Å². The first-order chi connectivity index (χ1) is 34.4. The number of benzene rings is 6. The largest absolute Gasteiger partial charge is 0.284 e. The Morgan fingerprint density at radius 2 is 0.708 bits per heavy atom. The van der Waals surface area contributed by atoms with Crippen molar-refractivity contribution in [2.24, 2.45) is 0 Å². The minimum Gasteiger partial charge on any atom is -0.284 e. The Hall–Kier alpha value is -7.28. The highest BCUT2D eigenvalue weighted by Gasteiger charge is 2.49. The first-order valence-electron chi connectivity index (χ1n) is 21.4. The maximum Gasteiger partial charge on any atom is 0.266 e. The number of halogens is 6. The van der Waals surface area contributed by atoms with Gasteiger partial charge in [-0.2, -0.15) is 10.5 Å². The normalized spacial score (nSPS) is 17.0. The Balaban J connectivity index is 0.000000178. The van der Waals surface area contributed by atoms with Crippen molar-refractivity contribution in [2.75, 3.05) is 8.61 Å². The topological polar surface area (TPSA) is 166 Å². The molecule has 2 aliphatic rings. The van der Waals surface area contributed by atoms with Crippen LogP contribution in [-0.4, -0.2) is 26.0 Å². The van der Waals surface area contributed by atoms with Crippen LogP contribution in [0.25, 0.3) is 0 Å². The minimum atomic E-state index is -4.38. The molecule has 6 aromatic carbocycles. The second-order valence-electron chi connectivity index (χ2n) is 16.3. The number of nitriles is 2. The third kappa shape index (κ3) is 9.02. The fraction of sp³-hybridized carbons (Fsp3) is 0.0769. The fourth-order valence-corrected chi connectivity index (χ4v) is 12.8. The number of nitrogens with zero attached hydrogens (tertiary/aromatic N) is 6. The Morgan fingerprint density at radius 3 is 1.00 bits per heavy atom. The van der Waals surface area contributed by atoms with E-state index in [-0.39, 0.29) is 21.4 Å². The second kappa shape index (κ2) is 19.7.